The molecule has 1 amide bonds. The number of carbonyl (C=O) groups is 1. The summed E-state index contributed by atoms with van der Waals surface area (Å²) in [5, 5.41) is 2.94. The first-order valence-electron chi connectivity index (χ1n) is 8.35. The third kappa shape index (κ3) is 5.38. The van der Waals surface area contributed by atoms with E-state index in [-0.39, 0.29) is 12.0 Å². The molecule has 0 fully saturated rings. The fraction of sp³-hybridized carbons (Fsp3) is 0.286. The van der Waals surface area contributed by atoms with E-state index in [1.165, 1.54) is 0 Å². The van der Waals surface area contributed by atoms with E-state index >= 15 is 0 Å². The molecule has 0 aliphatic heterocycles. The average Bonchev–Trinajstić information content (AvgIpc) is 2.60. The summed E-state index contributed by atoms with van der Waals surface area (Å²) in [6.45, 7) is 8.18. The lowest BCUT2D eigenvalue weighted by molar-refractivity contribution is 0.0951. The van der Waals surface area contributed by atoms with Gasteiger partial charge in [0.1, 0.15) is 11.5 Å². The van der Waals surface area contributed by atoms with Crippen LogP contribution in [0.1, 0.15) is 35.3 Å². The number of benzene rings is 2. The first kappa shape index (κ1) is 18.6. The van der Waals surface area contributed by atoms with Crippen LogP contribution in [0, 0.1) is 0 Å². The van der Waals surface area contributed by atoms with Crippen molar-refractivity contribution in [3.05, 3.63) is 71.8 Å². The van der Waals surface area contributed by atoms with Crippen LogP contribution in [0.25, 0.3) is 0 Å². The summed E-state index contributed by atoms with van der Waals surface area (Å²) in [5.41, 5.74) is 2.57. The summed E-state index contributed by atoms with van der Waals surface area (Å²) in [6.07, 6.45) is 2.59. The van der Waals surface area contributed by atoms with Gasteiger partial charge in [-0.1, -0.05) is 18.2 Å². The summed E-state index contributed by atoms with van der Waals surface area (Å²) in [4.78, 5) is 12.4. The summed E-state index contributed by atoms with van der Waals surface area (Å²) in [6, 6.07) is 13.2. The predicted molar refractivity (Wildman–Crippen MR) is 100 cm³/mol. The summed E-state index contributed by atoms with van der Waals surface area (Å²) in [7, 11) is 1.62. The fourth-order valence-corrected chi connectivity index (χ4v) is 2.48. The van der Waals surface area contributed by atoms with Crippen LogP contribution < -0.4 is 14.8 Å². The van der Waals surface area contributed by atoms with Gasteiger partial charge in [0.15, 0.2) is 0 Å². The predicted octanol–water partition coefficient (Wildman–Crippen LogP) is 4.14. The van der Waals surface area contributed by atoms with Crippen LogP contribution in [-0.4, -0.2) is 19.1 Å². The molecule has 0 heterocycles. The first-order valence-corrected chi connectivity index (χ1v) is 8.35. The molecule has 0 bridgehead atoms. The van der Waals surface area contributed by atoms with Gasteiger partial charge in [-0.2, -0.15) is 0 Å². The standard InChI is InChI=1S/C21H25NO3/c1-5-6-17-13-18(9-12-20(17)24-4)21(23)22-14-16-7-10-19(11-8-16)25-15(2)3/h5,7-13,15H,1,6,14H2,2-4H3,(H,22,23). The Bertz CT molecular complexity index is 720. The molecular formula is C21H25NO3. The SMILES string of the molecule is C=CCc1cc(C(=O)NCc2ccc(OC(C)C)cc2)ccc1OC. The van der Waals surface area contributed by atoms with Crippen molar-refractivity contribution in [2.24, 2.45) is 0 Å². The molecule has 1 N–H and O–H groups in total. The smallest absolute Gasteiger partial charge is 0.251 e. The van der Waals surface area contributed by atoms with Crippen molar-refractivity contribution in [3.63, 3.8) is 0 Å². The van der Waals surface area contributed by atoms with Gasteiger partial charge in [-0.05, 0) is 61.7 Å². The zero-order valence-electron chi connectivity index (χ0n) is 15.0. The van der Waals surface area contributed by atoms with Crippen LogP contribution in [-0.2, 0) is 13.0 Å². The second kappa shape index (κ2) is 8.92. The minimum atomic E-state index is -0.115. The lowest BCUT2D eigenvalue weighted by Gasteiger charge is -2.11. The summed E-state index contributed by atoms with van der Waals surface area (Å²) < 4.78 is 10.9. The normalized spacial score (nSPS) is 10.4. The van der Waals surface area contributed by atoms with Gasteiger partial charge in [0.25, 0.3) is 5.91 Å². The summed E-state index contributed by atoms with van der Waals surface area (Å²) >= 11 is 0. The van der Waals surface area contributed by atoms with Gasteiger partial charge in [0, 0.05) is 12.1 Å². The topological polar surface area (TPSA) is 47.6 Å². The average molecular weight is 339 g/mol. The molecule has 2 aromatic rings. The maximum Gasteiger partial charge on any atom is 0.251 e. The molecule has 4 heteroatoms. The third-order valence-corrected chi connectivity index (χ3v) is 3.66. The summed E-state index contributed by atoms with van der Waals surface area (Å²) in [5.74, 6) is 1.47. The van der Waals surface area contributed by atoms with Crippen molar-refractivity contribution < 1.29 is 14.3 Å². The van der Waals surface area contributed by atoms with Crippen LogP contribution in [0.15, 0.2) is 55.1 Å². The Balaban J connectivity index is 2.00. The van der Waals surface area contributed by atoms with E-state index in [1.807, 2.05) is 50.2 Å². The molecule has 25 heavy (non-hydrogen) atoms. The molecule has 0 aromatic heterocycles. The van der Waals surface area contributed by atoms with Gasteiger partial charge in [-0.3, -0.25) is 4.79 Å². The Morgan fingerprint density at radius 3 is 2.52 bits per heavy atom. The molecule has 2 aromatic carbocycles. The van der Waals surface area contributed by atoms with Gasteiger partial charge < -0.3 is 14.8 Å². The van der Waals surface area contributed by atoms with Crippen LogP contribution in [0.5, 0.6) is 11.5 Å². The highest BCUT2D eigenvalue weighted by molar-refractivity contribution is 5.94. The van der Waals surface area contributed by atoms with Crippen LogP contribution in [0.3, 0.4) is 0 Å². The van der Waals surface area contributed by atoms with E-state index in [4.69, 9.17) is 9.47 Å². The monoisotopic (exact) mass is 339 g/mol. The Labute approximate surface area is 149 Å². The Morgan fingerprint density at radius 1 is 1.20 bits per heavy atom. The number of carbonyl (C=O) groups excluding carboxylic acids is 1. The highest BCUT2D eigenvalue weighted by Crippen LogP contribution is 2.21. The number of rotatable bonds is 8. The minimum Gasteiger partial charge on any atom is -0.496 e. The van der Waals surface area contributed by atoms with Gasteiger partial charge in [0.2, 0.25) is 0 Å². The van der Waals surface area contributed by atoms with Gasteiger partial charge in [-0.15, -0.1) is 6.58 Å². The number of hydrogen-bond donors (Lipinski definition) is 1. The second-order valence-electron chi connectivity index (χ2n) is 6.01. The highest BCUT2D eigenvalue weighted by Gasteiger charge is 2.09. The number of nitrogens with one attached hydrogen (secondary N) is 1. The Morgan fingerprint density at radius 2 is 1.92 bits per heavy atom. The number of allylic oxidation sites excluding steroid dienone is 1. The van der Waals surface area contributed by atoms with Gasteiger partial charge in [-0.25, -0.2) is 0 Å². The van der Waals surface area contributed by atoms with E-state index in [0.717, 1.165) is 22.6 Å². The van der Waals surface area contributed by atoms with Crippen molar-refractivity contribution in [2.75, 3.05) is 7.11 Å². The van der Waals surface area contributed by atoms with E-state index in [1.54, 1.807) is 19.3 Å². The quantitative estimate of drug-likeness (QED) is 0.735. The maximum atomic E-state index is 12.4. The number of hydrogen-bond acceptors (Lipinski definition) is 3. The lowest BCUT2D eigenvalue weighted by Crippen LogP contribution is -2.23. The van der Waals surface area contributed by atoms with Crippen molar-refractivity contribution in [1.29, 1.82) is 0 Å². The maximum absolute atomic E-state index is 12.4. The minimum absolute atomic E-state index is 0.115. The molecule has 4 nitrogen and oxygen atoms in total. The largest absolute Gasteiger partial charge is 0.496 e. The molecule has 0 radical (unpaired) electrons. The lowest BCUT2D eigenvalue weighted by atomic mass is 10.1. The molecule has 0 saturated heterocycles. The highest BCUT2D eigenvalue weighted by atomic mass is 16.5. The fourth-order valence-electron chi connectivity index (χ4n) is 2.48. The van der Waals surface area contributed by atoms with Gasteiger partial charge >= 0.3 is 0 Å². The first-order chi connectivity index (χ1) is 12.0. The Hall–Kier alpha value is -2.75. The molecular weight excluding hydrogens is 314 g/mol. The molecule has 2 rings (SSSR count). The zero-order valence-corrected chi connectivity index (χ0v) is 15.0. The van der Waals surface area contributed by atoms with Crippen molar-refractivity contribution in [1.82, 2.24) is 5.32 Å². The van der Waals surface area contributed by atoms with E-state index < -0.39 is 0 Å². The van der Waals surface area contributed by atoms with Crippen molar-refractivity contribution >= 4 is 5.91 Å². The number of ether oxygens (including phenoxy) is 2. The number of amides is 1. The van der Waals surface area contributed by atoms with Crippen LogP contribution >= 0.6 is 0 Å². The van der Waals surface area contributed by atoms with Crippen LogP contribution in [0.4, 0.5) is 0 Å². The molecule has 132 valence electrons. The molecule has 0 unspecified atom stereocenters. The molecule has 0 saturated carbocycles. The third-order valence-electron chi connectivity index (χ3n) is 3.66. The molecule has 0 atom stereocenters. The molecule has 0 spiro atoms. The van der Waals surface area contributed by atoms with E-state index in [2.05, 4.69) is 11.9 Å². The van der Waals surface area contributed by atoms with Crippen molar-refractivity contribution in [2.45, 2.75) is 32.9 Å². The zero-order chi connectivity index (χ0) is 18.2. The number of methoxy groups -OCH3 is 1. The second-order valence-corrected chi connectivity index (χ2v) is 6.01. The Kier molecular flexibility index (Phi) is 6.63. The molecule has 0 aliphatic carbocycles. The van der Waals surface area contributed by atoms with Gasteiger partial charge in [0.05, 0.1) is 13.2 Å². The van der Waals surface area contributed by atoms with Crippen molar-refractivity contribution in [3.8, 4) is 11.5 Å². The molecule has 0 aliphatic rings. The van der Waals surface area contributed by atoms with Crippen LogP contribution in [0.2, 0.25) is 0 Å². The van der Waals surface area contributed by atoms with E-state index in [9.17, 15) is 4.79 Å². The van der Waals surface area contributed by atoms with E-state index in [0.29, 0.717) is 18.5 Å².